The van der Waals surface area contributed by atoms with Crippen LogP contribution in [0.4, 0.5) is 0 Å². The minimum atomic E-state index is -0.608. The number of benzene rings is 3. The molecule has 0 atom stereocenters. The number of amides is 1. The lowest BCUT2D eigenvalue weighted by Gasteiger charge is -2.12. The van der Waals surface area contributed by atoms with E-state index in [2.05, 4.69) is 42.4 Å². The van der Waals surface area contributed by atoms with Gasteiger partial charge in [0.2, 0.25) is 0 Å². The van der Waals surface area contributed by atoms with Gasteiger partial charge in [0.15, 0.2) is 24.7 Å². The van der Waals surface area contributed by atoms with Crippen molar-refractivity contribution in [3.8, 4) is 23.0 Å². The molecule has 0 spiro atoms. The third-order valence-corrected chi connectivity index (χ3v) is 5.87. The highest BCUT2D eigenvalue weighted by Gasteiger charge is 2.13. The van der Waals surface area contributed by atoms with E-state index in [4.69, 9.17) is 42.1 Å². The van der Waals surface area contributed by atoms with Crippen molar-refractivity contribution < 1.29 is 28.5 Å². The van der Waals surface area contributed by atoms with Crippen molar-refractivity contribution in [1.29, 1.82) is 0 Å². The SMILES string of the molecule is COc1cc(Br)cc(Br)c1OCC(=O)N/N=C\c1ccc(OC(=O)COc2ccc(Cl)cc2Cl)cc1. The molecule has 0 aromatic heterocycles. The summed E-state index contributed by atoms with van der Waals surface area (Å²) in [4.78, 5) is 24.1. The molecular formula is C24H18Br2Cl2N2O6. The minimum Gasteiger partial charge on any atom is -0.493 e. The first kappa shape index (κ1) is 27.8. The summed E-state index contributed by atoms with van der Waals surface area (Å²) in [6.45, 7) is -0.604. The van der Waals surface area contributed by atoms with Gasteiger partial charge in [0.1, 0.15) is 11.5 Å². The van der Waals surface area contributed by atoms with Crippen molar-refractivity contribution in [3.05, 3.63) is 79.2 Å². The van der Waals surface area contributed by atoms with Crippen molar-refractivity contribution in [3.63, 3.8) is 0 Å². The molecule has 0 saturated carbocycles. The number of nitrogens with zero attached hydrogens (tertiary/aromatic N) is 1. The fourth-order valence-corrected chi connectivity index (χ4v) is 4.45. The Hall–Kier alpha value is -2.79. The summed E-state index contributed by atoms with van der Waals surface area (Å²) in [7, 11) is 1.50. The van der Waals surface area contributed by atoms with Crippen LogP contribution in [0.15, 0.2) is 68.6 Å². The fraction of sp³-hybridized carbons (Fsp3) is 0.125. The van der Waals surface area contributed by atoms with Gasteiger partial charge in [-0.25, -0.2) is 10.2 Å². The predicted octanol–water partition coefficient (Wildman–Crippen LogP) is 6.04. The molecule has 0 aliphatic carbocycles. The zero-order valence-corrected chi connectivity index (χ0v) is 23.3. The van der Waals surface area contributed by atoms with Gasteiger partial charge in [-0.3, -0.25) is 4.79 Å². The highest BCUT2D eigenvalue weighted by molar-refractivity contribution is 9.11. The zero-order chi connectivity index (χ0) is 26.1. The summed E-state index contributed by atoms with van der Waals surface area (Å²) in [5, 5.41) is 4.65. The lowest BCUT2D eigenvalue weighted by Crippen LogP contribution is -2.24. The van der Waals surface area contributed by atoms with Crippen LogP contribution in [0, 0.1) is 0 Å². The average molecular weight is 661 g/mol. The van der Waals surface area contributed by atoms with E-state index in [0.717, 1.165) is 4.47 Å². The maximum atomic E-state index is 12.1. The topological polar surface area (TPSA) is 95.5 Å². The number of hydrogen-bond donors (Lipinski definition) is 1. The molecule has 3 rings (SSSR count). The molecule has 0 fully saturated rings. The van der Waals surface area contributed by atoms with Gasteiger partial charge in [0, 0.05) is 9.50 Å². The van der Waals surface area contributed by atoms with Crippen LogP contribution >= 0.6 is 55.1 Å². The van der Waals surface area contributed by atoms with Crippen LogP contribution in [0.2, 0.25) is 10.0 Å². The highest BCUT2D eigenvalue weighted by Crippen LogP contribution is 2.38. The molecule has 3 aromatic carbocycles. The zero-order valence-electron chi connectivity index (χ0n) is 18.6. The first-order chi connectivity index (χ1) is 17.2. The molecule has 0 bridgehead atoms. The normalized spacial score (nSPS) is 10.7. The van der Waals surface area contributed by atoms with Crippen molar-refractivity contribution >= 4 is 73.2 Å². The van der Waals surface area contributed by atoms with Crippen molar-refractivity contribution in [2.24, 2.45) is 5.10 Å². The number of halogens is 4. The van der Waals surface area contributed by atoms with Gasteiger partial charge in [-0.15, -0.1) is 0 Å². The van der Waals surface area contributed by atoms with E-state index in [-0.39, 0.29) is 13.2 Å². The van der Waals surface area contributed by atoms with Crippen LogP contribution < -0.4 is 24.4 Å². The van der Waals surface area contributed by atoms with Crippen LogP contribution in [-0.4, -0.2) is 38.4 Å². The second-order valence-electron chi connectivity index (χ2n) is 6.91. The summed E-state index contributed by atoms with van der Waals surface area (Å²) in [6, 6.07) is 14.7. The van der Waals surface area contributed by atoms with E-state index >= 15 is 0 Å². The first-order valence-electron chi connectivity index (χ1n) is 10.1. The Morgan fingerprint density at radius 1 is 0.972 bits per heavy atom. The molecule has 0 radical (unpaired) electrons. The second kappa shape index (κ2) is 13.5. The molecule has 36 heavy (non-hydrogen) atoms. The molecule has 0 heterocycles. The number of esters is 1. The molecule has 3 aromatic rings. The number of hydrazone groups is 1. The molecule has 12 heteroatoms. The summed E-state index contributed by atoms with van der Waals surface area (Å²) in [5.74, 6) is 0.425. The smallest absolute Gasteiger partial charge is 0.349 e. The van der Waals surface area contributed by atoms with Gasteiger partial charge in [0.05, 0.1) is 22.8 Å². The lowest BCUT2D eigenvalue weighted by molar-refractivity contribution is -0.136. The maximum absolute atomic E-state index is 12.1. The summed E-state index contributed by atoms with van der Waals surface area (Å²) >= 11 is 18.6. The quantitative estimate of drug-likeness (QED) is 0.123. The van der Waals surface area contributed by atoms with Gasteiger partial charge in [-0.05, 0) is 76.1 Å². The summed E-state index contributed by atoms with van der Waals surface area (Å²) in [5.41, 5.74) is 3.04. The number of ether oxygens (including phenoxy) is 4. The lowest BCUT2D eigenvalue weighted by atomic mass is 10.2. The molecule has 0 unspecified atom stereocenters. The number of carbonyl (C=O) groups excluding carboxylic acids is 2. The van der Waals surface area contributed by atoms with E-state index in [0.29, 0.717) is 43.1 Å². The third-order valence-electron chi connectivity index (χ3n) is 4.30. The molecular weight excluding hydrogens is 643 g/mol. The monoisotopic (exact) mass is 658 g/mol. The van der Waals surface area contributed by atoms with E-state index < -0.39 is 11.9 Å². The Labute approximate surface area is 233 Å². The van der Waals surface area contributed by atoms with Gasteiger partial charge in [-0.2, -0.15) is 5.10 Å². The van der Waals surface area contributed by atoms with Crippen LogP contribution in [0.5, 0.6) is 23.0 Å². The third kappa shape index (κ3) is 8.41. The highest BCUT2D eigenvalue weighted by atomic mass is 79.9. The van der Waals surface area contributed by atoms with E-state index in [9.17, 15) is 9.59 Å². The van der Waals surface area contributed by atoms with E-state index in [1.807, 2.05) is 0 Å². The predicted molar refractivity (Wildman–Crippen MR) is 144 cm³/mol. The van der Waals surface area contributed by atoms with Crippen molar-refractivity contribution in [2.75, 3.05) is 20.3 Å². The Morgan fingerprint density at radius 2 is 1.72 bits per heavy atom. The largest absolute Gasteiger partial charge is 0.493 e. The van der Waals surface area contributed by atoms with Gasteiger partial charge < -0.3 is 18.9 Å². The Kier molecular flexibility index (Phi) is 10.4. The molecule has 188 valence electrons. The molecule has 0 aliphatic rings. The number of nitrogens with one attached hydrogen (secondary N) is 1. The van der Waals surface area contributed by atoms with Crippen molar-refractivity contribution in [2.45, 2.75) is 0 Å². The van der Waals surface area contributed by atoms with Crippen molar-refractivity contribution in [1.82, 2.24) is 5.43 Å². The number of rotatable bonds is 10. The fourth-order valence-electron chi connectivity index (χ4n) is 2.69. The van der Waals surface area contributed by atoms with Crippen LogP contribution in [-0.2, 0) is 9.59 Å². The van der Waals surface area contributed by atoms with Gasteiger partial charge in [0.25, 0.3) is 5.91 Å². The van der Waals surface area contributed by atoms with Gasteiger partial charge >= 0.3 is 5.97 Å². The second-order valence-corrected chi connectivity index (χ2v) is 9.52. The number of carbonyl (C=O) groups is 2. The molecule has 0 aliphatic heterocycles. The van der Waals surface area contributed by atoms with E-state index in [1.54, 1.807) is 48.5 Å². The maximum Gasteiger partial charge on any atom is 0.349 e. The number of methoxy groups -OCH3 is 1. The summed E-state index contributed by atoms with van der Waals surface area (Å²) < 4.78 is 22.8. The first-order valence-corrected chi connectivity index (χ1v) is 12.5. The Bertz CT molecular complexity index is 1270. The van der Waals surface area contributed by atoms with E-state index in [1.165, 1.54) is 19.4 Å². The van der Waals surface area contributed by atoms with Crippen LogP contribution in [0.25, 0.3) is 0 Å². The average Bonchev–Trinajstić information content (AvgIpc) is 2.83. The van der Waals surface area contributed by atoms with Gasteiger partial charge in [-0.1, -0.05) is 39.1 Å². The molecule has 1 N–H and O–H groups in total. The summed E-state index contributed by atoms with van der Waals surface area (Å²) in [6.07, 6.45) is 1.44. The Morgan fingerprint density at radius 3 is 2.42 bits per heavy atom. The molecule has 0 saturated heterocycles. The Balaban J connectivity index is 1.44. The van der Waals surface area contributed by atoms with Crippen LogP contribution in [0.3, 0.4) is 0 Å². The molecule has 8 nitrogen and oxygen atoms in total. The standard InChI is InChI=1S/C24H18Br2Cl2N2O6/c1-33-21-9-15(25)8-18(26)24(21)35-12-22(31)30-29-11-14-2-5-17(6-3-14)36-23(32)13-34-20-7-4-16(27)10-19(20)28/h2-11H,12-13H2,1H3,(H,30,31)/b29-11-. The minimum absolute atomic E-state index is 0.272. The molecule has 1 amide bonds. The number of hydrogen-bond acceptors (Lipinski definition) is 7. The van der Waals surface area contributed by atoms with Crippen LogP contribution in [0.1, 0.15) is 5.56 Å².